The SMILES string of the molecule is CC(CCc1ccc2c(c1)OCO2)Nc1ccc(I)cc1. The van der Waals surface area contributed by atoms with Crippen LogP contribution in [-0.2, 0) is 6.42 Å². The summed E-state index contributed by atoms with van der Waals surface area (Å²) >= 11 is 2.32. The number of hydrogen-bond donors (Lipinski definition) is 1. The van der Waals surface area contributed by atoms with Gasteiger partial charge in [0.2, 0.25) is 6.79 Å². The molecule has 0 spiro atoms. The molecule has 2 aromatic carbocycles. The van der Waals surface area contributed by atoms with Gasteiger partial charge in [0.05, 0.1) is 0 Å². The highest BCUT2D eigenvalue weighted by Gasteiger charge is 2.13. The zero-order valence-corrected chi connectivity index (χ0v) is 14.1. The van der Waals surface area contributed by atoms with Crippen LogP contribution in [0.5, 0.6) is 11.5 Å². The summed E-state index contributed by atoms with van der Waals surface area (Å²) in [6.45, 7) is 2.55. The minimum Gasteiger partial charge on any atom is -0.454 e. The van der Waals surface area contributed by atoms with Crippen LogP contribution in [0.3, 0.4) is 0 Å². The molecule has 110 valence electrons. The van der Waals surface area contributed by atoms with Gasteiger partial charge < -0.3 is 14.8 Å². The molecule has 0 saturated heterocycles. The molecule has 4 heteroatoms. The monoisotopic (exact) mass is 395 g/mol. The molecule has 1 aliphatic rings. The molecule has 3 nitrogen and oxygen atoms in total. The number of fused-ring (bicyclic) bond motifs is 1. The first-order chi connectivity index (χ1) is 10.2. The summed E-state index contributed by atoms with van der Waals surface area (Å²) in [7, 11) is 0. The Labute approximate surface area is 138 Å². The predicted molar refractivity (Wildman–Crippen MR) is 93.1 cm³/mol. The van der Waals surface area contributed by atoms with Crippen molar-refractivity contribution >= 4 is 28.3 Å². The van der Waals surface area contributed by atoms with E-state index in [2.05, 4.69) is 71.2 Å². The summed E-state index contributed by atoms with van der Waals surface area (Å²) in [5.74, 6) is 1.72. The van der Waals surface area contributed by atoms with Crippen molar-refractivity contribution < 1.29 is 9.47 Å². The smallest absolute Gasteiger partial charge is 0.231 e. The van der Waals surface area contributed by atoms with E-state index >= 15 is 0 Å². The van der Waals surface area contributed by atoms with Crippen molar-refractivity contribution in [1.82, 2.24) is 0 Å². The van der Waals surface area contributed by atoms with Gasteiger partial charge in [0.15, 0.2) is 11.5 Å². The molecule has 0 fully saturated rings. The molecule has 1 heterocycles. The Bertz CT molecular complexity index is 613. The molecule has 0 amide bonds. The third kappa shape index (κ3) is 3.81. The number of rotatable bonds is 5. The summed E-state index contributed by atoms with van der Waals surface area (Å²) in [6.07, 6.45) is 2.10. The quantitative estimate of drug-likeness (QED) is 0.759. The van der Waals surface area contributed by atoms with E-state index in [1.54, 1.807) is 0 Å². The second kappa shape index (κ2) is 6.56. The maximum absolute atomic E-state index is 5.41. The molecule has 0 bridgehead atoms. The first kappa shape index (κ1) is 14.5. The van der Waals surface area contributed by atoms with Gasteiger partial charge in [0.25, 0.3) is 0 Å². The topological polar surface area (TPSA) is 30.5 Å². The molecule has 3 rings (SSSR count). The second-order valence-electron chi connectivity index (χ2n) is 5.28. The highest BCUT2D eigenvalue weighted by atomic mass is 127. The van der Waals surface area contributed by atoms with E-state index in [0.717, 1.165) is 24.3 Å². The Morgan fingerprint density at radius 2 is 1.86 bits per heavy atom. The first-order valence-electron chi connectivity index (χ1n) is 7.11. The normalized spacial score (nSPS) is 14.0. The largest absolute Gasteiger partial charge is 0.454 e. The number of halogens is 1. The fraction of sp³-hybridized carbons (Fsp3) is 0.294. The predicted octanol–water partition coefficient (Wildman–Crippen LogP) is 4.45. The van der Waals surface area contributed by atoms with Gasteiger partial charge in [-0.2, -0.15) is 0 Å². The second-order valence-corrected chi connectivity index (χ2v) is 6.52. The molecule has 1 unspecified atom stereocenters. The van der Waals surface area contributed by atoms with Crippen molar-refractivity contribution in [3.05, 3.63) is 51.6 Å². The molecule has 0 radical (unpaired) electrons. The van der Waals surface area contributed by atoms with E-state index < -0.39 is 0 Å². The first-order valence-corrected chi connectivity index (χ1v) is 8.19. The van der Waals surface area contributed by atoms with Crippen LogP contribution < -0.4 is 14.8 Å². The van der Waals surface area contributed by atoms with Crippen molar-refractivity contribution in [3.63, 3.8) is 0 Å². The number of anilines is 1. The van der Waals surface area contributed by atoms with Crippen molar-refractivity contribution in [2.24, 2.45) is 0 Å². The van der Waals surface area contributed by atoms with Gasteiger partial charge in [-0.25, -0.2) is 0 Å². The summed E-state index contributed by atoms with van der Waals surface area (Å²) in [5, 5.41) is 3.53. The highest BCUT2D eigenvalue weighted by Crippen LogP contribution is 2.32. The van der Waals surface area contributed by atoms with E-state index in [1.807, 2.05) is 6.07 Å². The number of hydrogen-bond acceptors (Lipinski definition) is 3. The van der Waals surface area contributed by atoms with Gasteiger partial charge in [0, 0.05) is 15.3 Å². The third-order valence-electron chi connectivity index (χ3n) is 3.56. The number of aryl methyl sites for hydroxylation is 1. The zero-order chi connectivity index (χ0) is 14.7. The van der Waals surface area contributed by atoms with Crippen LogP contribution >= 0.6 is 22.6 Å². The Kier molecular flexibility index (Phi) is 4.53. The molecule has 0 aromatic heterocycles. The molecule has 1 atom stereocenters. The van der Waals surface area contributed by atoms with E-state index in [1.165, 1.54) is 14.8 Å². The molecule has 1 N–H and O–H groups in total. The number of ether oxygens (including phenoxy) is 2. The van der Waals surface area contributed by atoms with Crippen LogP contribution in [0.25, 0.3) is 0 Å². The third-order valence-corrected chi connectivity index (χ3v) is 4.28. The molecule has 0 aliphatic carbocycles. The summed E-state index contributed by atoms with van der Waals surface area (Å²) in [6, 6.07) is 15.1. The lowest BCUT2D eigenvalue weighted by Crippen LogP contribution is -2.15. The molecular weight excluding hydrogens is 377 g/mol. The fourth-order valence-corrected chi connectivity index (χ4v) is 2.74. The summed E-state index contributed by atoms with van der Waals surface area (Å²) in [4.78, 5) is 0. The number of nitrogens with one attached hydrogen (secondary N) is 1. The standard InChI is InChI=1S/C17H18INO2/c1-12(19-15-7-5-14(18)6-8-15)2-3-13-4-9-16-17(10-13)21-11-20-16/h4-10,12,19H,2-3,11H2,1H3. The lowest BCUT2D eigenvalue weighted by atomic mass is 10.1. The molecule has 21 heavy (non-hydrogen) atoms. The minimum atomic E-state index is 0.337. The van der Waals surface area contributed by atoms with Gasteiger partial charge in [0.1, 0.15) is 0 Å². The van der Waals surface area contributed by atoms with E-state index in [0.29, 0.717) is 12.8 Å². The van der Waals surface area contributed by atoms with Gasteiger partial charge in [-0.1, -0.05) is 6.07 Å². The minimum absolute atomic E-state index is 0.337. The average Bonchev–Trinajstić information content (AvgIpc) is 2.95. The molecule has 0 saturated carbocycles. The van der Waals surface area contributed by atoms with E-state index in [4.69, 9.17) is 9.47 Å². The average molecular weight is 395 g/mol. The lowest BCUT2D eigenvalue weighted by molar-refractivity contribution is 0.174. The molecule has 1 aliphatic heterocycles. The maximum atomic E-state index is 5.41. The van der Waals surface area contributed by atoms with Crippen LogP contribution in [0, 0.1) is 3.57 Å². The van der Waals surface area contributed by atoms with Crippen molar-refractivity contribution in [3.8, 4) is 11.5 Å². The Morgan fingerprint density at radius 1 is 1.10 bits per heavy atom. The van der Waals surface area contributed by atoms with Gasteiger partial charge in [-0.3, -0.25) is 0 Å². The van der Waals surface area contributed by atoms with Gasteiger partial charge >= 0.3 is 0 Å². The maximum Gasteiger partial charge on any atom is 0.231 e. The van der Waals surface area contributed by atoms with Crippen LogP contribution in [0.2, 0.25) is 0 Å². The van der Waals surface area contributed by atoms with Gasteiger partial charge in [-0.15, -0.1) is 0 Å². The van der Waals surface area contributed by atoms with Gasteiger partial charge in [-0.05, 0) is 84.3 Å². The van der Waals surface area contributed by atoms with Crippen molar-refractivity contribution in [2.75, 3.05) is 12.1 Å². The van der Waals surface area contributed by atoms with Crippen LogP contribution in [0.15, 0.2) is 42.5 Å². The Hall–Kier alpha value is -1.43. The summed E-state index contributed by atoms with van der Waals surface area (Å²) < 4.78 is 12.0. The van der Waals surface area contributed by atoms with Crippen LogP contribution in [-0.4, -0.2) is 12.8 Å². The lowest BCUT2D eigenvalue weighted by Gasteiger charge is -2.15. The Balaban J connectivity index is 1.53. The van der Waals surface area contributed by atoms with Crippen LogP contribution in [0.4, 0.5) is 5.69 Å². The fourth-order valence-electron chi connectivity index (χ4n) is 2.38. The molecular formula is C17H18INO2. The summed E-state index contributed by atoms with van der Waals surface area (Å²) in [5.41, 5.74) is 2.46. The Morgan fingerprint density at radius 3 is 2.67 bits per heavy atom. The van der Waals surface area contributed by atoms with E-state index in [9.17, 15) is 0 Å². The molecule has 2 aromatic rings. The highest BCUT2D eigenvalue weighted by molar-refractivity contribution is 14.1. The number of benzene rings is 2. The zero-order valence-electron chi connectivity index (χ0n) is 11.9. The van der Waals surface area contributed by atoms with Crippen LogP contribution in [0.1, 0.15) is 18.9 Å². The van der Waals surface area contributed by atoms with E-state index in [-0.39, 0.29) is 0 Å². The van der Waals surface area contributed by atoms with Crippen molar-refractivity contribution in [1.29, 1.82) is 0 Å². The van der Waals surface area contributed by atoms with Crippen molar-refractivity contribution in [2.45, 2.75) is 25.8 Å².